The molecule has 0 aliphatic carbocycles. The van der Waals surface area contributed by atoms with E-state index in [0.29, 0.717) is 4.88 Å². The fourth-order valence-electron chi connectivity index (χ4n) is 2.41. The average Bonchev–Trinajstić information content (AvgIpc) is 2.79. The van der Waals surface area contributed by atoms with Crippen molar-refractivity contribution in [1.29, 1.82) is 0 Å². The Morgan fingerprint density at radius 3 is 2.80 bits per heavy atom. The number of nitrogens with zero attached hydrogens (tertiary/aromatic N) is 3. The third-order valence-corrected chi connectivity index (χ3v) is 4.30. The third-order valence-electron chi connectivity index (χ3n) is 3.26. The Labute approximate surface area is 119 Å². The monoisotopic (exact) mass is 298 g/mol. The van der Waals surface area contributed by atoms with Gasteiger partial charge in [0.15, 0.2) is 0 Å². The molecule has 20 heavy (non-hydrogen) atoms. The topological polar surface area (TPSA) is 41.0 Å². The number of aromatic nitrogens is 2. The van der Waals surface area contributed by atoms with Crippen molar-refractivity contribution < 1.29 is 8.78 Å². The van der Waals surface area contributed by atoms with E-state index in [-0.39, 0.29) is 6.42 Å². The number of thiophene rings is 1. The highest BCUT2D eigenvalue weighted by Crippen LogP contribution is 2.33. The molecule has 3 heterocycles. The minimum atomic E-state index is -2.69. The van der Waals surface area contributed by atoms with Crippen LogP contribution in [0.4, 0.5) is 14.6 Å². The fraction of sp³-hybridized carbons (Fsp3) is 0.538. The standard InChI is InChI=1S/C13H16F2N4S/c1-13(14,15)7-9-6-10-11(17-8-18-12(10)20-9)19-4-2-16-3-5-19/h6,8,16H,2-5,7H2,1H3. The molecule has 1 aliphatic rings. The molecule has 0 spiro atoms. The number of hydrogen-bond donors (Lipinski definition) is 1. The van der Waals surface area contributed by atoms with Gasteiger partial charge >= 0.3 is 0 Å². The lowest BCUT2D eigenvalue weighted by molar-refractivity contribution is 0.0235. The minimum absolute atomic E-state index is 0.241. The van der Waals surface area contributed by atoms with Gasteiger partial charge in [0, 0.05) is 37.5 Å². The van der Waals surface area contributed by atoms with Crippen molar-refractivity contribution >= 4 is 27.4 Å². The van der Waals surface area contributed by atoms with Crippen LogP contribution in [0, 0.1) is 0 Å². The number of rotatable bonds is 3. The molecule has 0 amide bonds. The van der Waals surface area contributed by atoms with Crippen molar-refractivity contribution in [3.8, 4) is 0 Å². The van der Waals surface area contributed by atoms with Crippen LogP contribution in [0.5, 0.6) is 0 Å². The van der Waals surface area contributed by atoms with Gasteiger partial charge in [0.1, 0.15) is 17.0 Å². The molecule has 1 N–H and O–H groups in total. The summed E-state index contributed by atoms with van der Waals surface area (Å²) in [5.41, 5.74) is 0. The highest BCUT2D eigenvalue weighted by Gasteiger charge is 2.24. The van der Waals surface area contributed by atoms with Crippen molar-refractivity contribution in [1.82, 2.24) is 15.3 Å². The molecule has 7 heteroatoms. The second kappa shape index (κ2) is 5.21. The van der Waals surface area contributed by atoms with E-state index in [0.717, 1.165) is 49.1 Å². The van der Waals surface area contributed by atoms with Crippen LogP contribution in [0.3, 0.4) is 0 Å². The van der Waals surface area contributed by atoms with Gasteiger partial charge in [0.05, 0.1) is 5.39 Å². The van der Waals surface area contributed by atoms with Crippen LogP contribution in [0.1, 0.15) is 11.8 Å². The van der Waals surface area contributed by atoms with Crippen molar-refractivity contribution in [2.75, 3.05) is 31.1 Å². The summed E-state index contributed by atoms with van der Waals surface area (Å²) in [4.78, 5) is 12.2. The van der Waals surface area contributed by atoms with E-state index in [4.69, 9.17) is 0 Å². The average molecular weight is 298 g/mol. The quantitative estimate of drug-likeness (QED) is 0.944. The molecule has 0 radical (unpaired) electrons. The van der Waals surface area contributed by atoms with Crippen molar-refractivity contribution in [2.45, 2.75) is 19.3 Å². The third kappa shape index (κ3) is 2.88. The summed E-state index contributed by atoms with van der Waals surface area (Å²) < 4.78 is 26.3. The SMILES string of the molecule is CC(F)(F)Cc1cc2c(N3CCNCC3)ncnc2s1. The number of fused-ring (bicyclic) bond motifs is 1. The summed E-state index contributed by atoms with van der Waals surface area (Å²) in [5.74, 6) is -1.83. The van der Waals surface area contributed by atoms with Gasteiger partial charge in [-0.05, 0) is 13.0 Å². The van der Waals surface area contributed by atoms with E-state index in [2.05, 4.69) is 20.2 Å². The number of alkyl halides is 2. The molecule has 1 aliphatic heterocycles. The van der Waals surface area contributed by atoms with Gasteiger partial charge in [0.2, 0.25) is 5.92 Å². The summed E-state index contributed by atoms with van der Waals surface area (Å²) >= 11 is 1.33. The molecule has 0 aromatic carbocycles. The van der Waals surface area contributed by atoms with Gasteiger partial charge < -0.3 is 10.2 Å². The first-order valence-corrected chi connectivity index (χ1v) is 7.41. The zero-order valence-electron chi connectivity index (χ0n) is 11.2. The van der Waals surface area contributed by atoms with Gasteiger partial charge in [-0.1, -0.05) is 0 Å². The number of piperazine rings is 1. The van der Waals surface area contributed by atoms with Gasteiger partial charge in [0.25, 0.3) is 0 Å². The highest BCUT2D eigenvalue weighted by molar-refractivity contribution is 7.18. The lowest BCUT2D eigenvalue weighted by Gasteiger charge is -2.28. The predicted molar refractivity (Wildman–Crippen MR) is 76.8 cm³/mol. The Hall–Kier alpha value is -1.34. The molecule has 0 atom stereocenters. The van der Waals surface area contributed by atoms with E-state index in [1.165, 1.54) is 17.7 Å². The maximum atomic E-state index is 13.1. The van der Waals surface area contributed by atoms with Crippen LogP contribution in [-0.2, 0) is 6.42 Å². The van der Waals surface area contributed by atoms with Crippen LogP contribution >= 0.6 is 11.3 Å². The molecular formula is C13H16F2N4S. The van der Waals surface area contributed by atoms with Crippen LogP contribution in [0.15, 0.2) is 12.4 Å². The molecule has 1 saturated heterocycles. The van der Waals surface area contributed by atoms with E-state index in [9.17, 15) is 8.78 Å². The van der Waals surface area contributed by atoms with Crippen molar-refractivity contribution in [3.05, 3.63) is 17.3 Å². The summed E-state index contributed by atoms with van der Waals surface area (Å²) in [6, 6.07) is 1.81. The van der Waals surface area contributed by atoms with Crippen LogP contribution in [0.25, 0.3) is 10.2 Å². The number of hydrogen-bond acceptors (Lipinski definition) is 5. The molecule has 0 unspecified atom stereocenters. The Balaban J connectivity index is 1.96. The van der Waals surface area contributed by atoms with E-state index < -0.39 is 5.92 Å². The second-order valence-electron chi connectivity index (χ2n) is 5.11. The van der Waals surface area contributed by atoms with Gasteiger partial charge in [-0.15, -0.1) is 11.3 Å². The Bertz CT molecular complexity index is 602. The molecule has 4 nitrogen and oxygen atoms in total. The summed E-state index contributed by atoms with van der Waals surface area (Å²) in [6.07, 6.45) is 1.28. The lowest BCUT2D eigenvalue weighted by Crippen LogP contribution is -2.43. The smallest absolute Gasteiger partial charge is 0.250 e. The Kier molecular flexibility index (Phi) is 3.55. The summed E-state index contributed by atoms with van der Waals surface area (Å²) in [5, 5.41) is 4.17. The van der Waals surface area contributed by atoms with Gasteiger partial charge in [-0.2, -0.15) is 0 Å². The normalized spacial score (nSPS) is 16.9. The lowest BCUT2D eigenvalue weighted by atomic mass is 10.2. The van der Waals surface area contributed by atoms with Crippen LogP contribution < -0.4 is 10.2 Å². The first-order valence-electron chi connectivity index (χ1n) is 6.60. The molecule has 0 saturated carbocycles. The highest BCUT2D eigenvalue weighted by atomic mass is 32.1. The molecular weight excluding hydrogens is 282 g/mol. The zero-order valence-corrected chi connectivity index (χ0v) is 12.0. The number of anilines is 1. The largest absolute Gasteiger partial charge is 0.353 e. The number of halogens is 2. The van der Waals surface area contributed by atoms with E-state index in [1.54, 1.807) is 0 Å². The molecule has 3 rings (SSSR count). The van der Waals surface area contributed by atoms with Crippen molar-refractivity contribution in [2.24, 2.45) is 0 Å². The summed E-state index contributed by atoms with van der Waals surface area (Å²) in [6.45, 7) is 4.52. The fourth-order valence-corrected chi connectivity index (χ4v) is 3.53. The first-order chi connectivity index (χ1) is 9.53. The van der Waals surface area contributed by atoms with Crippen LogP contribution in [-0.4, -0.2) is 42.1 Å². The Morgan fingerprint density at radius 2 is 2.10 bits per heavy atom. The van der Waals surface area contributed by atoms with E-state index in [1.807, 2.05) is 6.07 Å². The van der Waals surface area contributed by atoms with Crippen molar-refractivity contribution in [3.63, 3.8) is 0 Å². The molecule has 0 bridgehead atoms. The molecule has 2 aromatic heterocycles. The molecule has 108 valence electrons. The molecule has 2 aromatic rings. The maximum absolute atomic E-state index is 13.1. The predicted octanol–water partition coefficient (Wildman–Crippen LogP) is 2.30. The minimum Gasteiger partial charge on any atom is -0.353 e. The first kappa shape index (κ1) is 13.6. The summed E-state index contributed by atoms with van der Waals surface area (Å²) in [7, 11) is 0. The van der Waals surface area contributed by atoms with E-state index >= 15 is 0 Å². The second-order valence-corrected chi connectivity index (χ2v) is 6.23. The number of nitrogens with one attached hydrogen (secondary N) is 1. The van der Waals surface area contributed by atoms with Crippen LogP contribution in [0.2, 0.25) is 0 Å². The van der Waals surface area contributed by atoms with Gasteiger partial charge in [-0.3, -0.25) is 0 Å². The van der Waals surface area contributed by atoms with Gasteiger partial charge in [-0.25, -0.2) is 18.7 Å². The molecule has 1 fully saturated rings. The zero-order chi connectivity index (χ0) is 14.2. The maximum Gasteiger partial charge on any atom is 0.250 e. The Morgan fingerprint density at radius 1 is 1.35 bits per heavy atom.